The normalized spacial score (nSPS) is 12.0. The van der Waals surface area contributed by atoms with E-state index in [-0.39, 0.29) is 11.1 Å². The van der Waals surface area contributed by atoms with Gasteiger partial charge in [-0.1, -0.05) is 11.6 Å². The highest BCUT2D eigenvalue weighted by Crippen LogP contribution is 2.22. The van der Waals surface area contributed by atoms with E-state index in [0.29, 0.717) is 23.5 Å². The molecule has 3 aromatic heterocycles. The van der Waals surface area contributed by atoms with Crippen LogP contribution in [0.5, 0.6) is 0 Å². The minimum atomic E-state index is -0.243. The molecule has 0 bridgehead atoms. The molecule has 0 unspecified atom stereocenters. The third kappa shape index (κ3) is 3.40. The topological polar surface area (TPSA) is 75.6 Å². The van der Waals surface area contributed by atoms with Gasteiger partial charge in [0.1, 0.15) is 5.39 Å². The molecule has 0 spiro atoms. The van der Waals surface area contributed by atoms with Crippen molar-refractivity contribution < 1.29 is 0 Å². The molecule has 0 saturated heterocycles. The fourth-order valence-corrected chi connectivity index (χ4v) is 3.37. The summed E-state index contributed by atoms with van der Waals surface area (Å²) in [4.78, 5) is 20.6. The fraction of sp³-hybridized carbons (Fsp3) is 0.400. The molecule has 0 aliphatic carbocycles. The number of halogens is 1. The van der Waals surface area contributed by atoms with E-state index >= 15 is 0 Å². The number of H-pyrrole nitrogens is 1. The standard InChI is InChI=1S/C15H18ClN5OS/c1-15(2,3)21-12-10(8-18-21)13(22)20-14(19-12)17-7-6-9-4-5-11(16)23-9/h4-5,8H,6-7H2,1-3H3,(H2,17,19,20,22). The van der Waals surface area contributed by atoms with Crippen LogP contribution in [0.1, 0.15) is 25.6 Å². The van der Waals surface area contributed by atoms with E-state index in [9.17, 15) is 4.79 Å². The van der Waals surface area contributed by atoms with E-state index in [0.717, 1.165) is 10.8 Å². The van der Waals surface area contributed by atoms with Crippen molar-refractivity contribution in [2.24, 2.45) is 0 Å². The Kier molecular flexibility index (Phi) is 4.16. The molecule has 0 aliphatic rings. The predicted octanol–water partition coefficient (Wildman–Crippen LogP) is 3.24. The Hall–Kier alpha value is -1.86. The highest BCUT2D eigenvalue weighted by molar-refractivity contribution is 7.16. The molecule has 8 heteroatoms. The second-order valence-electron chi connectivity index (χ2n) is 6.26. The van der Waals surface area contributed by atoms with Crippen molar-refractivity contribution in [3.05, 3.63) is 37.9 Å². The first-order valence-corrected chi connectivity index (χ1v) is 8.50. The molecular formula is C15H18ClN5OS. The smallest absolute Gasteiger partial charge is 0.263 e. The zero-order valence-electron chi connectivity index (χ0n) is 13.2. The van der Waals surface area contributed by atoms with Crippen LogP contribution in [-0.2, 0) is 12.0 Å². The van der Waals surface area contributed by atoms with Crippen LogP contribution in [0.3, 0.4) is 0 Å². The number of aromatic amines is 1. The number of aromatic nitrogens is 4. The third-order valence-corrected chi connectivity index (χ3v) is 4.66. The largest absolute Gasteiger partial charge is 0.355 e. The van der Waals surface area contributed by atoms with Crippen LogP contribution >= 0.6 is 22.9 Å². The van der Waals surface area contributed by atoms with Crippen LogP contribution in [0.15, 0.2) is 23.1 Å². The average molecular weight is 352 g/mol. The molecule has 6 nitrogen and oxygen atoms in total. The molecule has 0 amide bonds. The minimum absolute atomic E-state index is 0.188. The molecule has 2 N–H and O–H groups in total. The van der Waals surface area contributed by atoms with Gasteiger partial charge in [0.15, 0.2) is 5.65 Å². The first-order valence-electron chi connectivity index (χ1n) is 7.31. The van der Waals surface area contributed by atoms with Crippen LogP contribution < -0.4 is 10.9 Å². The second kappa shape index (κ2) is 5.98. The molecule has 0 fully saturated rings. The second-order valence-corrected chi connectivity index (χ2v) is 8.06. The molecule has 3 aromatic rings. The predicted molar refractivity (Wildman–Crippen MR) is 94.7 cm³/mol. The van der Waals surface area contributed by atoms with Gasteiger partial charge in [-0.25, -0.2) is 4.68 Å². The lowest BCUT2D eigenvalue weighted by Crippen LogP contribution is -2.24. The molecule has 3 rings (SSSR count). The van der Waals surface area contributed by atoms with Crippen LogP contribution in [0, 0.1) is 0 Å². The number of fused-ring (bicyclic) bond motifs is 1. The lowest BCUT2D eigenvalue weighted by molar-refractivity contribution is 0.366. The average Bonchev–Trinajstić information content (AvgIpc) is 3.05. The van der Waals surface area contributed by atoms with Gasteiger partial charge in [0, 0.05) is 11.4 Å². The number of anilines is 1. The first-order chi connectivity index (χ1) is 10.8. The van der Waals surface area contributed by atoms with Gasteiger partial charge in [-0.3, -0.25) is 9.78 Å². The van der Waals surface area contributed by atoms with Gasteiger partial charge >= 0.3 is 0 Å². The van der Waals surface area contributed by atoms with E-state index in [1.165, 1.54) is 4.88 Å². The Morgan fingerprint density at radius 2 is 2.17 bits per heavy atom. The maximum Gasteiger partial charge on any atom is 0.263 e. The Labute approximate surface area is 142 Å². The van der Waals surface area contributed by atoms with Crippen LogP contribution in [-0.4, -0.2) is 26.3 Å². The zero-order valence-corrected chi connectivity index (χ0v) is 14.8. The lowest BCUT2D eigenvalue weighted by Gasteiger charge is -2.19. The number of nitrogens with zero attached hydrogens (tertiary/aromatic N) is 3. The number of thiophene rings is 1. The SMILES string of the molecule is CC(C)(C)n1ncc2c(=O)[nH]c(NCCc3ccc(Cl)s3)nc21. The molecule has 0 aliphatic heterocycles. The summed E-state index contributed by atoms with van der Waals surface area (Å²) >= 11 is 7.47. The number of hydrogen-bond acceptors (Lipinski definition) is 5. The Morgan fingerprint density at radius 1 is 1.39 bits per heavy atom. The molecular weight excluding hydrogens is 334 g/mol. The van der Waals surface area contributed by atoms with Crippen molar-refractivity contribution in [1.82, 2.24) is 19.7 Å². The number of hydrogen-bond donors (Lipinski definition) is 2. The van der Waals surface area contributed by atoms with Crippen molar-refractivity contribution in [2.75, 3.05) is 11.9 Å². The van der Waals surface area contributed by atoms with Gasteiger partial charge in [-0.2, -0.15) is 10.1 Å². The number of nitrogens with one attached hydrogen (secondary N) is 2. The molecule has 0 atom stereocenters. The molecule has 3 heterocycles. The van der Waals surface area contributed by atoms with Gasteiger partial charge in [0.05, 0.1) is 16.1 Å². The summed E-state index contributed by atoms with van der Waals surface area (Å²) in [6.07, 6.45) is 2.38. The van der Waals surface area contributed by atoms with E-state index in [4.69, 9.17) is 11.6 Å². The van der Waals surface area contributed by atoms with Gasteiger partial charge < -0.3 is 5.32 Å². The van der Waals surface area contributed by atoms with Crippen LogP contribution in [0.25, 0.3) is 11.0 Å². The maximum absolute atomic E-state index is 12.2. The summed E-state index contributed by atoms with van der Waals surface area (Å²) in [5.41, 5.74) is 0.156. The monoisotopic (exact) mass is 351 g/mol. The van der Waals surface area contributed by atoms with Crippen LogP contribution in [0.4, 0.5) is 5.95 Å². The van der Waals surface area contributed by atoms with E-state index in [2.05, 4.69) is 20.4 Å². The molecule has 0 saturated carbocycles. The molecule has 0 radical (unpaired) electrons. The van der Waals surface area contributed by atoms with E-state index in [1.54, 1.807) is 22.2 Å². The van der Waals surface area contributed by atoms with E-state index < -0.39 is 0 Å². The Morgan fingerprint density at radius 3 is 2.83 bits per heavy atom. The summed E-state index contributed by atoms with van der Waals surface area (Å²) in [7, 11) is 0. The van der Waals surface area contributed by atoms with Crippen molar-refractivity contribution >= 4 is 39.9 Å². The molecule has 122 valence electrons. The maximum atomic E-state index is 12.2. The van der Waals surface area contributed by atoms with Crippen molar-refractivity contribution in [1.29, 1.82) is 0 Å². The van der Waals surface area contributed by atoms with Gasteiger partial charge in [-0.05, 0) is 39.3 Å². The summed E-state index contributed by atoms with van der Waals surface area (Å²) in [6, 6.07) is 3.89. The van der Waals surface area contributed by atoms with E-state index in [1.807, 2.05) is 32.9 Å². The fourth-order valence-electron chi connectivity index (χ4n) is 2.28. The molecule has 23 heavy (non-hydrogen) atoms. The van der Waals surface area contributed by atoms with Crippen molar-refractivity contribution in [3.8, 4) is 0 Å². The van der Waals surface area contributed by atoms with Crippen molar-refractivity contribution in [2.45, 2.75) is 32.7 Å². The summed E-state index contributed by atoms with van der Waals surface area (Å²) in [6.45, 7) is 6.73. The third-order valence-electron chi connectivity index (χ3n) is 3.37. The molecule has 0 aromatic carbocycles. The summed E-state index contributed by atoms with van der Waals surface area (Å²) in [5.74, 6) is 0.455. The summed E-state index contributed by atoms with van der Waals surface area (Å²) in [5, 5.41) is 7.95. The zero-order chi connectivity index (χ0) is 16.6. The summed E-state index contributed by atoms with van der Waals surface area (Å²) < 4.78 is 2.55. The Balaban J connectivity index is 1.82. The highest BCUT2D eigenvalue weighted by atomic mass is 35.5. The Bertz CT molecular complexity index is 889. The van der Waals surface area contributed by atoms with Crippen molar-refractivity contribution in [3.63, 3.8) is 0 Å². The van der Waals surface area contributed by atoms with Crippen LogP contribution in [0.2, 0.25) is 4.34 Å². The van der Waals surface area contributed by atoms with Gasteiger partial charge in [-0.15, -0.1) is 11.3 Å². The minimum Gasteiger partial charge on any atom is -0.355 e. The van der Waals surface area contributed by atoms with Gasteiger partial charge in [0.25, 0.3) is 5.56 Å². The first kappa shape index (κ1) is 16.0. The quantitative estimate of drug-likeness (QED) is 0.756. The lowest BCUT2D eigenvalue weighted by atomic mass is 10.1. The van der Waals surface area contributed by atoms with Gasteiger partial charge in [0.2, 0.25) is 5.95 Å². The highest BCUT2D eigenvalue weighted by Gasteiger charge is 2.19. The number of rotatable bonds is 4.